The highest BCUT2D eigenvalue weighted by molar-refractivity contribution is 5.84. The van der Waals surface area contributed by atoms with Gasteiger partial charge in [0.15, 0.2) is 0 Å². The summed E-state index contributed by atoms with van der Waals surface area (Å²) in [6, 6.07) is 0.216. The molecule has 2 bridgehead atoms. The molecule has 2 rings (SSSR count). The van der Waals surface area contributed by atoms with Crippen LogP contribution in [-0.2, 0) is 9.59 Å². The molecule has 3 unspecified atom stereocenters. The Morgan fingerprint density at radius 1 is 0.375 bits per heavy atom. The van der Waals surface area contributed by atoms with Gasteiger partial charge in [-0.1, -0.05) is 285 Å². The fraction of sp³-hybridized carbons (Fsp3) is 0.969. The van der Waals surface area contributed by atoms with Crippen molar-refractivity contribution in [2.24, 2.45) is 0 Å². The fourth-order valence-electron chi connectivity index (χ4n) is 12.1. The van der Waals surface area contributed by atoms with Gasteiger partial charge in [-0.3, -0.25) is 14.5 Å². The van der Waals surface area contributed by atoms with Crippen molar-refractivity contribution in [3.8, 4) is 0 Å². The SMILES string of the molecule is CCCCCCCCCCCCNC(CCN(CCCCCCCCCCCC)CCCCCCCCCCCC)C(=O)N1CC2CC1CN2C(=O)CN(CCCCCCCCC)CCCCCCCCC. The van der Waals surface area contributed by atoms with Crippen molar-refractivity contribution in [2.45, 2.75) is 348 Å². The Labute approximate surface area is 451 Å². The molecule has 2 saturated heterocycles. The summed E-state index contributed by atoms with van der Waals surface area (Å²) in [5, 5.41) is 3.89. The zero-order chi connectivity index (χ0) is 51.8. The Bertz CT molecular complexity index is 1140. The molecule has 2 fully saturated rings. The van der Waals surface area contributed by atoms with E-state index in [4.69, 9.17) is 0 Å². The molecule has 2 aliphatic rings. The zero-order valence-corrected chi connectivity index (χ0v) is 49.7. The number of fused-ring (bicyclic) bond motifs is 2. The summed E-state index contributed by atoms with van der Waals surface area (Å²) in [4.78, 5) is 38.6. The third-order valence-corrected chi connectivity index (χ3v) is 17.0. The lowest BCUT2D eigenvalue weighted by atomic mass is 10.1. The van der Waals surface area contributed by atoms with Gasteiger partial charge in [0.25, 0.3) is 0 Å². The molecule has 0 aromatic carbocycles. The van der Waals surface area contributed by atoms with Crippen molar-refractivity contribution >= 4 is 11.8 Å². The van der Waals surface area contributed by atoms with Gasteiger partial charge in [0.05, 0.1) is 24.7 Å². The predicted molar refractivity (Wildman–Crippen MR) is 316 cm³/mol. The summed E-state index contributed by atoms with van der Waals surface area (Å²) < 4.78 is 0. The smallest absolute Gasteiger partial charge is 0.240 e. The maximum Gasteiger partial charge on any atom is 0.240 e. The van der Waals surface area contributed by atoms with Crippen molar-refractivity contribution in [1.82, 2.24) is 24.9 Å². The van der Waals surface area contributed by atoms with E-state index in [1.54, 1.807) is 0 Å². The number of carbonyl (C=O) groups excluding carboxylic acids is 2. The van der Waals surface area contributed by atoms with E-state index in [9.17, 15) is 9.59 Å². The summed E-state index contributed by atoms with van der Waals surface area (Å²) >= 11 is 0. The lowest BCUT2D eigenvalue weighted by Crippen LogP contribution is -2.56. The number of nitrogens with zero attached hydrogens (tertiary/aromatic N) is 4. The van der Waals surface area contributed by atoms with Crippen LogP contribution in [0.3, 0.4) is 0 Å². The second-order valence-electron chi connectivity index (χ2n) is 23.8. The topological polar surface area (TPSA) is 59.1 Å². The van der Waals surface area contributed by atoms with E-state index >= 15 is 0 Å². The van der Waals surface area contributed by atoms with Crippen LogP contribution in [0.25, 0.3) is 0 Å². The number of rotatable bonds is 56. The molecule has 0 aromatic rings. The first-order valence-electron chi connectivity index (χ1n) is 33.3. The summed E-state index contributed by atoms with van der Waals surface area (Å²) in [7, 11) is 0. The van der Waals surface area contributed by atoms with E-state index < -0.39 is 0 Å². The average Bonchev–Trinajstić information content (AvgIpc) is 4.01. The number of hydrogen-bond acceptors (Lipinski definition) is 5. The highest BCUT2D eigenvalue weighted by atomic mass is 16.2. The number of likely N-dealkylation sites (tertiary alicyclic amines) is 2. The molecule has 426 valence electrons. The Morgan fingerprint density at radius 2 is 0.667 bits per heavy atom. The lowest BCUT2D eigenvalue weighted by molar-refractivity contribution is -0.141. The highest BCUT2D eigenvalue weighted by Gasteiger charge is 2.48. The van der Waals surface area contributed by atoms with E-state index in [2.05, 4.69) is 59.5 Å². The quantitative estimate of drug-likeness (QED) is 0.0615. The van der Waals surface area contributed by atoms with E-state index in [1.807, 2.05) is 0 Å². The monoisotopic (exact) mass is 1010 g/mol. The first-order valence-corrected chi connectivity index (χ1v) is 33.3. The van der Waals surface area contributed by atoms with E-state index in [1.165, 1.54) is 289 Å². The maximum atomic E-state index is 14.8. The molecule has 0 saturated carbocycles. The molecule has 0 aromatic heterocycles. The van der Waals surface area contributed by atoms with Crippen molar-refractivity contribution in [3.63, 3.8) is 0 Å². The number of nitrogens with one attached hydrogen (secondary N) is 1. The van der Waals surface area contributed by atoms with Crippen molar-refractivity contribution in [3.05, 3.63) is 0 Å². The molecular formula is C65H129N5O2. The lowest BCUT2D eigenvalue weighted by Gasteiger charge is -2.37. The highest BCUT2D eigenvalue weighted by Crippen LogP contribution is 2.32. The molecule has 1 N–H and O–H groups in total. The van der Waals surface area contributed by atoms with Crippen molar-refractivity contribution < 1.29 is 9.59 Å². The Morgan fingerprint density at radius 3 is 1.00 bits per heavy atom. The molecule has 0 radical (unpaired) electrons. The second kappa shape index (κ2) is 49.4. The third kappa shape index (κ3) is 35.2. The van der Waals surface area contributed by atoms with Crippen LogP contribution in [0.15, 0.2) is 0 Å². The minimum atomic E-state index is -0.130. The molecule has 72 heavy (non-hydrogen) atoms. The first kappa shape index (κ1) is 66.9. The van der Waals surface area contributed by atoms with Gasteiger partial charge in [0, 0.05) is 19.6 Å². The third-order valence-electron chi connectivity index (χ3n) is 17.0. The van der Waals surface area contributed by atoms with Crippen LogP contribution < -0.4 is 5.32 Å². The number of amides is 2. The van der Waals surface area contributed by atoms with Gasteiger partial charge in [-0.25, -0.2) is 0 Å². The second-order valence-corrected chi connectivity index (χ2v) is 23.8. The minimum absolute atomic E-state index is 0.130. The zero-order valence-electron chi connectivity index (χ0n) is 49.7. The van der Waals surface area contributed by atoms with Crippen LogP contribution in [0.1, 0.15) is 330 Å². The number of carbonyl (C=O) groups is 2. The molecule has 2 amide bonds. The van der Waals surface area contributed by atoms with Crippen LogP contribution >= 0.6 is 0 Å². The molecule has 7 nitrogen and oxygen atoms in total. The molecule has 7 heteroatoms. The minimum Gasteiger partial charge on any atom is -0.335 e. The Balaban J connectivity index is 2.03. The average molecular weight is 1010 g/mol. The van der Waals surface area contributed by atoms with Gasteiger partial charge >= 0.3 is 0 Å². The molecular weight excluding hydrogens is 883 g/mol. The summed E-state index contributed by atoms with van der Waals surface area (Å²) in [6.07, 6.45) is 61.1. The first-order chi connectivity index (χ1) is 35.5. The van der Waals surface area contributed by atoms with Crippen molar-refractivity contribution in [1.29, 1.82) is 0 Å². The van der Waals surface area contributed by atoms with Crippen molar-refractivity contribution in [2.75, 3.05) is 58.9 Å². The summed E-state index contributed by atoms with van der Waals surface area (Å²) in [5.74, 6) is 0.629. The van der Waals surface area contributed by atoms with Gasteiger partial charge in [-0.2, -0.15) is 0 Å². The van der Waals surface area contributed by atoms with Gasteiger partial charge in [0.2, 0.25) is 11.8 Å². The van der Waals surface area contributed by atoms with Crippen LogP contribution in [0, 0.1) is 0 Å². The largest absolute Gasteiger partial charge is 0.335 e. The molecule has 2 aliphatic heterocycles. The summed E-state index contributed by atoms with van der Waals surface area (Å²) in [6.45, 7) is 19.9. The summed E-state index contributed by atoms with van der Waals surface area (Å²) in [5.41, 5.74) is 0. The Hall–Kier alpha value is -1.18. The maximum absolute atomic E-state index is 14.8. The standard InChI is InChI=1S/C65H129N5O2/c1-6-11-16-21-26-29-32-35-40-45-51-66-63(50-56-67(52-46-41-38-33-30-27-22-17-12-7-2)53-47-42-39-34-31-28-23-18-13-8-3)65(72)70-59-61-57-62(70)58-69(61)64(71)60-68(54-48-43-36-24-19-14-9-4)55-49-44-37-25-20-15-10-5/h61-63,66H,6-60H2,1-5H3. The van der Waals surface area contributed by atoms with E-state index in [0.717, 1.165) is 58.5 Å². The number of piperazine rings is 1. The van der Waals surface area contributed by atoms with Gasteiger partial charge in [-0.05, 0) is 77.7 Å². The molecule has 3 atom stereocenters. The Kier molecular flexibility index (Phi) is 45.9. The molecule has 2 heterocycles. The van der Waals surface area contributed by atoms with Crippen LogP contribution in [-0.4, -0.2) is 108 Å². The predicted octanol–water partition coefficient (Wildman–Crippen LogP) is 18.0. The van der Waals surface area contributed by atoms with Crippen LogP contribution in [0.4, 0.5) is 0 Å². The molecule has 0 aliphatic carbocycles. The van der Waals surface area contributed by atoms with Gasteiger partial charge < -0.3 is 20.0 Å². The van der Waals surface area contributed by atoms with Crippen LogP contribution in [0.5, 0.6) is 0 Å². The van der Waals surface area contributed by atoms with Crippen LogP contribution in [0.2, 0.25) is 0 Å². The van der Waals surface area contributed by atoms with Gasteiger partial charge in [-0.15, -0.1) is 0 Å². The van der Waals surface area contributed by atoms with Gasteiger partial charge in [0.1, 0.15) is 0 Å². The number of hydrogen-bond donors (Lipinski definition) is 1. The van der Waals surface area contributed by atoms with E-state index in [-0.39, 0.29) is 18.1 Å². The normalized spacial score (nSPS) is 16.1. The van der Waals surface area contributed by atoms with E-state index in [0.29, 0.717) is 18.4 Å². The number of unbranched alkanes of at least 4 members (excludes halogenated alkanes) is 39. The fourth-order valence-corrected chi connectivity index (χ4v) is 12.1. The molecule has 0 spiro atoms.